The SMILES string of the molecule is C[C@H](NS(=O)(=O)c1ccc(Cl)cc1)C(=O)OCc1cc(=O)oc2cc3c(cc12)CCC3. The van der Waals surface area contributed by atoms with Crippen molar-refractivity contribution < 1.29 is 22.4 Å². The van der Waals surface area contributed by atoms with Gasteiger partial charge in [0.1, 0.15) is 18.2 Å². The number of hydrogen-bond donors (Lipinski definition) is 1. The minimum absolute atomic E-state index is 0.0166. The Labute approximate surface area is 184 Å². The van der Waals surface area contributed by atoms with Crippen molar-refractivity contribution >= 4 is 38.6 Å². The summed E-state index contributed by atoms with van der Waals surface area (Å²) in [7, 11) is -3.93. The van der Waals surface area contributed by atoms with Gasteiger partial charge in [-0.25, -0.2) is 13.2 Å². The summed E-state index contributed by atoms with van der Waals surface area (Å²) in [6.07, 6.45) is 2.94. The van der Waals surface area contributed by atoms with Gasteiger partial charge in [-0.1, -0.05) is 11.6 Å². The third-order valence-electron chi connectivity index (χ3n) is 5.22. The van der Waals surface area contributed by atoms with E-state index >= 15 is 0 Å². The van der Waals surface area contributed by atoms with Gasteiger partial charge in [0.05, 0.1) is 4.90 Å². The maximum Gasteiger partial charge on any atom is 0.336 e. The van der Waals surface area contributed by atoms with Crippen molar-refractivity contribution in [3.63, 3.8) is 0 Å². The summed E-state index contributed by atoms with van der Waals surface area (Å²) in [5.41, 5.74) is 2.79. The van der Waals surface area contributed by atoms with Gasteiger partial charge in [-0.2, -0.15) is 4.72 Å². The average molecular weight is 462 g/mol. The molecule has 0 unspecified atom stereocenters. The van der Waals surface area contributed by atoms with Gasteiger partial charge >= 0.3 is 11.6 Å². The topological polar surface area (TPSA) is 103 Å². The molecule has 1 N–H and O–H groups in total. The van der Waals surface area contributed by atoms with Crippen LogP contribution in [0.1, 0.15) is 30.0 Å². The summed E-state index contributed by atoms with van der Waals surface area (Å²) in [6.45, 7) is 1.22. The molecule has 0 saturated carbocycles. The van der Waals surface area contributed by atoms with E-state index < -0.39 is 27.7 Å². The molecule has 0 aliphatic heterocycles. The van der Waals surface area contributed by atoms with E-state index in [9.17, 15) is 18.0 Å². The number of aryl methyl sites for hydroxylation is 2. The third-order valence-corrected chi connectivity index (χ3v) is 7.03. The second kappa shape index (κ2) is 8.45. The molecule has 1 aromatic heterocycles. The van der Waals surface area contributed by atoms with E-state index in [4.69, 9.17) is 20.8 Å². The Kier molecular flexibility index (Phi) is 5.88. The fourth-order valence-electron chi connectivity index (χ4n) is 3.65. The number of fused-ring (bicyclic) bond motifs is 2. The van der Waals surface area contributed by atoms with Gasteiger partial charge in [-0.15, -0.1) is 0 Å². The first kappa shape index (κ1) is 21.5. The Bertz CT molecular complexity index is 1310. The van der Waals surface area contributed by atoms with Crippen LogP contribution in [0.2, 0.25) is 5.02 Å². The first-order chi connectivity index (χ1) is 14.7. The summed E-state index contributed by atoms with van der Waals surface area (Å²) in [5.74, 6) is -0.764. The molecule has 0 bridgehead atoms. The number of esters is 1. The number of nitrogens with one attached hydrogen (secondary N) is 1. The van der Waals surface area contributed by atoms with E-state index in [0.29, 0.717) is 21.6 Å². The minimum atomic E-state index is -3.93. The number of hydrogen-bond acceptors (Lipinski definition) is 6. The van der Waals surface area contributed by atoms with E-state index in [0.717, 1.165) is 24.8 Å². The normalized spacial score (nSPS) is 14.4. The monoisotopic (exact) mass is 461 g/mol. The van der Waals surface area contributed by atoms with Gasteiger partial charge in [0.2, 0.25) is 10.0 Å². The Balaban J connectivity index is 1.49. The zero-order chi connectivity index (χ0) is 22.2. The van der Waals surface area contributed by atoms with Crippen LogP contribution in [0.5, 0.6) is 0 Å². The molecule has 0 spiro atoms. The molecule has 0 radical (unpaired) electrons. The smallest absolute Gasteiger partial charge is 0.336 e. The average Bonchev–Trinajstić information content (AvgIpc) is 3.17. The zero-order valence-electron chi connectivity index (χ0n) is 16.7. The molecule has 1 aliphatic rings. The molecule has 4 rings (SSSR count). The molecule has 0 fully saturated rings. The van der Waals surface area contributed by atoms with Crippen LogP contribution in [0, 0.1) is 0 Å². The highest BCUT2D eigenvalue weighted by molar-refractivity contribution is 7.89. The van der Waals surface area contributed by atoms with Crippen LogP contribution < -0.4 is 10.3 Å². The quantitative estimate of drug-likeness (QED) is 0.446. The van der Waals surface area contributed by atoms with Crippen molar-refractivity contribution in [1.29, 1.82) is 0 Å². The molecule has 31 heavy (non-hydrogen) atoms. The van der Waals surface area contributed by atoms with Gasteiger partial charge in [-0.05, 0) is 73.7 Å². The van der Waals surface area contributed by atoms with Crippen LogP contribution in [0.3, 0.4) is 0 Å². The maximum absolute atomic E-state index is 12.4. The number of benzene rings is 2. The fraction of sp³-hybridized carbons (Fsp3) is 0.273. The summed E-state index contributed by atoms with van der Waals surface area (Å²) >= 11 is 5.78. The van der Waals surface area contributed by atoms with Crippen LogP contribution in [0.4, 0.5) is 0 Å². The van der Waals surface area contributed by atoms with Crippen molar-refractivity contribution in [1.82, 2.24) is 4.72 Å². The Morgan fingerprint density at radius 3 is 2.55 bits per heavy atom. The van der Waals surface area contributed by atoms with Crippen molar-refractivity contribution in [2.75, 3.05) is 0 Å². The van der Waals surface area contributed by atoms with Crippen LogP contribution >= 0.6 is 11.6 Å². The maximum atomic E-state index is 12.4. The zero-order valence-corrected chi connectivity index (χ0v) is 18.3. The third kappa shape index (κ3) is 4.66. The fourth-order valence-corrected chi connectivity index (χ4v) is 4.97. The van der Waals surface area contributed by atoms with E-state index in [-0.39, 0.29) is 11.5 Å². The van der Waals surface area contributed by atoms with E-state index in [1.807, 2.05) is 12.1 Å². The number of halogens is 1. The largest absolute Gasteiger partial charge is 0.460 e. The molecule has 162 valence electrons. The molecule has 1 atom stereocenters. The number of carbonyl (C=O) groups is 1. The Hall–Kier alpha value is -2.68. The molecule has 0 amide bonds. The second-order valence-electron chi connectivity index (χ2n) is 7.47. The highest BCUT2D eigenvalue weighted by Crippen LogP contribution is 2.28. The predicted molar refractivity (Wildman–Crippen MR) is 116 cm³/mol. The molecule has 9 heteroatoms. The summed E-state index contributed by atoms with van der Waals surface area (Å²) in [6, 6.07) is 9.58. The first-order valence-electron chi connectivity index (χ1n) is 9.76. The Morgan fingerprint density at radius 2 is 1.84 bits per heavy atom. The summed E-state index contributed by atoms with van der Waals surface area (Å²) in [4.78, 5) is 24.3. The summed E-state index contributed by atoms with van der Waals surface area (Å²) in [5, 5.41) is 1.11. The molecule has 0 saturated heterocycles. The number of sulfonamides is 1. The van der Waals surface area contributed by atoms with Crippen LogP contribution in [0.25, 0.3) is 11.0 Å². The minimum Gasteiger partial charge on any atom is -0.460 e. The standard InChI is InChI=1S/C22H20ClNO6S/c1-13(24-31(27,28)18-7-5-17(23)6-8-18)22(26)29-12-16-11-21(25)30-20-10-15-4-2-3-14(15)9-19(16)20/h5-11,13,24H,2-4,12H2,1H3/t13-/m0/s1. The van der Waals surface area contributed by atoms with E-state index in [2.05, 4.69) is 4.72 Å². The lowest BCUT2D eigenvalue weighted by Crippen LogP contribution is -2.39. The summed E-state index contributed by atoms with van der Waals surface area (Å²) < 4.78 is 37.8. The molecule has 2 aromatic carbocycles. The molecule has 1 aliphatic carbocycles. The van der Waals surface area contributed by atoms with Crippen molar-refractivity contribution in [3.8, 4) is 0 Å². The first-order valence-corrected chi connectivity index (χ1v) is 11.6. The van der Waals surface area contributed by atoms with Crippen LogP contribution in [0.15, 0.2) is 56.6 Å². The van der Waals surface area contributed by atoms with Gasteiger partial charge in [0.15, 0.2) is 0 Å². The van der Waals surface area contributed by atoms with Gasteiger partial charge < -0.3 is 9.15 Å². The lowest BCUT2D eigenvalue weighted by Gasteiger charge is -2.14. The van der Waals surface area contributed by atoms with Gasteiger partial charge in [0, 0.05) is 22.0 Å². The van der Waals surface area contributed by atoms with Crippen LogP contribution in [-0.4, -0.2) is 20.4 Å². The van der Waals surface area contributed by atoms with E-state index in [1.54, 1.807) is 0 Å². The molecular weight excluding hydrogens is 442 g/mol. The molecule has 1 heterocycles. The molecule has 7 nitrogen and oxygen atoms in total. The number of rotatable bonds is 6. The highest BCUT2D eigenvalue weighted by Gasteiger charge is 2.24. The molecular formula is C22H20ClNO6S. The van der Waals surface area contributed by atoms with Gasteiger partial charge in [0.25, 0.3) is 0 Å². The van der Waals surface area contributed by atoms with Crippen molar-refractivity contribution in [2.24, 2.45) is 0 Å². The Morgan fingerprint density at radius 1 is 1.16 bits per heavy atom. The number of carbonyl (C=O) groups excluding carboxylic acids is 1. The second-order valence-corrected chi connectivity index (χ2v) is 9.62. The van der Waals surface area contributed by atoms with Crippen molar-refractivity contribution in [2.45, 2.75) is 43.7 Å². The number of ether oxygens (including phenoxy) is 1. The van der Waals surface area contributed by atoms with Crippen molar-refractivity contribution in [3.05, 3.63) is 74.6 Å². The van der Waals surface area contributed by atoms with Gasteiger partial charge in [-0.3, -0.25) is 4.79 Å². The van der Waals surface area contributed by atoms with E-state index in [1.165, 1.54) is 42.8 Å². The lowest BCUT2D eigenvalue weighted by atomic mass is 10.0. The highest BCUT2D eigenvalue weighted by atomic mass is 35.5. The predicted octanol–water partition coefficient (Wildman–Crippen LogP) is 3.35. The lowest BCUT2D eigenvalue weighted by molar-refractivity contribution is -0.146. The van der Waals surface area contributed by atoms with Crippen LogP contribution in [-0.2, 0) is 39.0 Å². The molecule has 3 aromatic rings.